The summed E-state index contributed by atoms with van der Waals surface area (Å²) in [5.74, 6) is 0.770. The van der Waals surface area contributed by atoms with Gasteiger partial charge in [0.25, 0.3) is 0 Å². The van der Waals surface area contributed by atoms with Crippen molar-refractivity contribution >= 4 is 23.3 Å². The average molecular weight is 264 g/mol. The fourth-order valence-electron chi connectivity index (χ4n) is 2.37. The van der Waals surface area contributed by atoms with Crippen LogP contribution in [0.5, 0.6) is 0 Å². The topological polar surface area (TPSA) is 75.3 Å². The molecule has 0 radical (unpaired) electrons. The van der Waals surface area contributed by atoms with Gasteiger partial charge in [0.05, 0.1) is 5.56 Å². The number of hydrogen-bond acceptors (Lipinski definition) is 6. The number of anilines is 1. The second kappa shape index (κ2) is 4.44. The fraction of sp³-hybridized carbons (Fsp3) is 0.500. The molecule has 2 heterocycles. The number of thioether (sulfide) groups is 1. The summed E-state index contributed by atoms with van der Waals surface area (Å²) in [5, 5.41) is 10.9. The number of aliphatic hydroxyl groups excluding tert-OH is 1. The molecule has 1 aliphatic carbocycles. The van der Waals surface area contributed by atoms with E-state index in [0.29, 0.717) is 16.9 Å². The molecule has 1 aromatic heterocycles. The van der Waals surface area contributed by atoms with Gasteiger partial charge in [-0.3, -0.25) is 0 Å². The first-order valence-electron chi connectivity index (χ1n) is 6.06. The highest BCUT2D eigenvalue weighted by Crippen LogP contribution is 2.37. The zero-order chi connectivity index (χ0) is 12.7. The first-order valence-corrected chi connectivity index (χ1v) is 7.28. The van der Waals surface area contributed by atoms with E-state index >= 15 is 0 Å². The summed E-state index contributed by atoms with van der Waals surface area (Å²) in [6, 6.07) is 0.368. The maximum absolute atomic E-state index is 10.2. The molecule has 3 N–H and O–H groups in total. The van der Waals surface area contributed by atoms with Crippen molar-refractivity contribution in [3.8, 4) is 0 Å². The van der Waals surface area contributed by atoms with Crippen molar-refractivity contribution < 1.29 is 5.11 Å². The molecule has 3 rings (SSSR count). The van der Waals surface area contributed by atoms with Crippen LogP contribution in [0.4, 0.5) is 5.82 Å². The van der Waals surface area contributed by atoms with Gasteiger partial charge < -0.3 is 15.7 Å². The quantitative estimate of drug-likeness (QED) is 0.617. The Hall–Kier alpha value is -1.27. The molecule has 0 bridgehead atoms. The zero-order valence-electron chi connectivity index (χ0n) is 10.2. The van der Waals surface area contributed by atoms with Gasteiger partial charge in [-0.1, -0.05) is 11.8 Å². The van der Waals surface area contributed by atoms with E-state index in [1.54, 1.807) is 12.3 Å². The van der Waals surface area contributed by atoms with E-state index in [2.05, 4.69) is 9.97 Å². The zero-order valence-corrected chi connectivity index (χ0v) is 11.0. The van der Waals surface area contributed by atoms with Gasteiger partial charge >= 0.3 is 0 Å². The predicted octanol–water partition coefficient (Wildman–Crippen LogP) is 1.19. The highest BCUT2D eigenvalue weighted by Gasteiger charge is 2.34. The highest BCUT2D eigenvalue weighted by molar-refractivity contribution is 7.98. The van der Waals surface area contributed by atoms with Gasteiger partial charge in [-0.05, 0) is 31.6 Å². The van der Waals surface area contributed by atoms with Crippen LogP contribution < -0.4 is 10.6 Å². The molecule has 1 fully saturated rings. The molecule has 0 amide bonds. The number of aliphatic hydroxyl groups is 1. The minimum absolute atomic E-state index is 0.368. The first-order chi connectivity index (χ1) is 8.70. The second-order valence-electron chi connectivity index (χ2n) is 4.62. The fourth-order valence-corrected chi connectivity index (χ4v) is 2.70. The maximum Gasteiger partial charge on any atom is 0.189 e. The van der Waals surface area contributed by atoms with Crippen molar-refractivity contribution in [2.24, 2.45) is 5.73 Å². The van der Waals surface area contributed by atoms with Crippen molar-refractivity contribution in [3.63, 3.8) is 0 Å². The van der Waals surface area contributed by atoms with Gasteiger partial charge in [0, 0.05) is 17.9 Å². The van der Waals surface area contributed by atoms with Crippen LogP contribution >= 0.6 is 11.8 Å². The maximum atomic E-state index is 10.2. The van der Waals surface area contributed by atoms with E-state index in [1.807, 2.05) is 11.2 Å². The highest BCUT2D eigenvalue weighted by atomic mass is 32.2. The third-order valence-electron chi connectivity index (χ3n) is 3.57. The van der Waals surface area contributed by atoms with Crippen LogP contribution in [0.3, 0.4) is 0 Å². The lowest BCUT2D eigenvalue weighted by Gasteiger charge is -2.43. The number of rotatable bonds is 2. The molecule has 0 aromatic carbocycles. The smallest absolute Gasteiger partial charge is 0.189 e. The molecule has 1 aliphatic heterocycles. The molecular weight excluding hydrogens is 248 g/mol. The molecule has 1 unspecified atom stereocenters. The van der Waals surface area contributed by atoms with Crippen molar-refractivity contribution in [1.29, 1.82) is 0 Å². The molecule has 2 aliphatic rings. The summed E-state index contributed by atoms with van der Waals surface area (Å²) >= 11 is 1.49. The Morgan fingerprint density at radius 1 is 1.50 bits per heavy atom. The average Bonchev–Trinajstić information content (AvgIpc) is 2.31. The van der Waals surface area contributed by atoms with Gasteiger partial charge in [0.2, 0.25) is 0 Å². The van der Waals surface area contributed by atoms with Crippen LogP contribution in [-0.4, -0.2) is 33.6 Å². The predicted molar refractivity (Wildman–Crippen MR) is 72.1 cm³/mol. The lowest BCUT2D eigenvalue weighted by atomic mass is 9.90. The SMILES string of the molecule is CSc1ncc2c(n1)N(C1CCC1)C(O)C=C2N. The lowest BCUT2D eigenvalue weighted by molar-refractivity contribution is 0.182. The summed E-state index contributed by atoms with van der Waals surface area (Å²) < 4.78 is 0. The van der Waals surface area contributed by atoms with E-state index in [9.17, 15) is 5.11 Å². The van der Waals surface area contributed by atoms with Crippen LogP contribution in [0.15, 0.2) is 17.4 Å². The van der Waals surface area contributed by atoms with Crippen molar-refractivity contribution in [1.82, 2.24) is 9.97 Å². The molecule has 1 atom stereocenters. The normalized spacial score (nSPS) is 23.3. The van der Waals surface area contributed by atoms with Crippen molar-refractivity contribution in [2.75, 3.05) is 11.2 Å². The molecule has 0 saturated heterocycles. The number of nitrogens with zero attached hydrogens (tertiary/aromatic N) is 3. The summed E-state index contributed by atoms with van der Waals surface area (Å²) in [7, 11) is 0. The standard InChI is InChI=1S/C12H16N4OS/c1-18-12-14-6-8-9(13)5-10(17)16(11(8)15-12)7-3-2-4-7/h5-7,10,17H,2-4,13H2,1H3. The Labute approximate surface area is 110 Å². The number of fused-ring (bicyclic) bond motifs is 1. The van der Waals surface area contributed by atoms with Crippen LogP contribution in [0.2, 0.25) is 0 Å². The number of nitrogens with two attached hydrogens (primary N) is 1. The van der Waals surface area contributed by atoms with Gasteiger partial charge in [-0.2, -0.15) is 0 Å². The summed E-state index contributed by atoms with van der Waals surface area (Å²) in [4.78, 5) is 10.7. The molecular formula is C12H16N4OS. The first kappa shape index (κ1) is 11.8. The van der Waals surface area contributed by atoms with Crippen LogP contribution in [-0.2, 0) is 0 Å². The second-order valence-corrected chi connectivity index (χ2v) is 5.39. The summed E-state index contributed by atoms with van der Waals surface area (Å²) in [6.45, 7) is 0. The van der Waals surface area contributed by atoms with Crippen molar-refractivity contribution in [2.45, 2.75) is 36.7 Å². The third kappa shape index (κ3) is 1.76. The monoisotopic (exact) mass is 264 g/mol. The molecule has 18 heavy (non-hydrogen) atoms. The number of aromatic nitrogens is 2. The lowest BCUT2D eigenvalue weighted by Crippen LogP contribution is -2.49. The minimum atomic E-state index is -0.674. The van der Waals surface area contributed by atoms with E-state index in [-0.39, 0.29) is 0 Å². The van der Waals surface area contributed by atoms with E-state index < -0.39 is 6.23 Å². The molecule has 0 spiro atoms. The molecule has 1 aromatic rings. The summed E-state index contributed by atoms with van der Waals surface area (Å²) in [6.07, 6.45) is 8.09. The van der Waals surface area contributed by atoms with Crippen LogP contribution in [0.25, 0.3) is 5.70 Å². The van der Waals surface area contributed by atoms with Gasteiger partial charge in [0.15, 0.2) is 5.16 Å². The minimum Gasteiger partial charge on any atom is -0.398 e. The van der Waals surface area contributed by atoms with Crippen molar-refractivity contribution in [3.05, 3.63) is 17.8 Å². The van der Waals surface area contributed by atoms with Gasteiger partial charge in [0.1, 0.15) is 12.0 Å². The van der Waals surface area contributed by atoms with E-state index in [4.69, 9.17) is 5.73 Å². The summed E-state index contributed by atoms with van der Waals surface area (Å²) in [5.41, 5.74) is 7.32. The number of hydrogen-bond donors (Lipinski definition) is 2. The van der Waals surface area contributed by atoms with E-state index in [0.717, 1.165) is 24.2 Å². The third-order valence-corrected chi connectivity index (χ3v) is 4.13. The Balaban J connectivity index is 2.07. The Morgan fingerprint density at radius 2 is 2.28 bits per heavy atom. The Bertz CT molecular complexity index is 501. The van der Waals surface area contributed by atoms with Gasteiger partial charge in [-0.15, -0.1) is 0 Å². The molecule has 96 valence electrons. The van der Waals surface area contributed by atoms with E-state index in [1.165, 1.54) is 18.2 Å². The molecule has 6 heteroatoms. The van der Waals surface area contributed by atoms with Crippen LogP contribution in [0, 0.1) is 0 Å². The Morgan fingerprint density at radius 3 is 2.89 bits per heavy atom. The Kier molecular flexibility index (Phi) is 2.91. The van der Waals surface area contributed by atoms with Gasteiger partial charge in [-0.25, -0.2) is 9.97 Å². The molecule has 1 saturated carbocycles. The molecule has 5 nitrogen and oxygen atoms in total. The van der Waals surface area contributed by atoms with Crippen LogP contribution in [0.1, 0.15) is 24.8 Å². The largest absolute Gasteiger partial charge is 0.398 e.